The van der Waals surface area contributed by atoms with Crippen molar-refractivity contribution in [2.45, 2.75) is 19.8 Å². The minimum absolute atomic E-state index is 0.231. The zero-order valence-electron chi connectivity index (χ0n) is 17.0. The van der Waals surface area contributed by atoms with Crippen molar-refractivity contribution in [3.8, 4) is 11.1 Å². The van der Waals surface area contributed by atoms with Crippen LogP contribution in [0.5, 0.6) is 0 Å². The van der Waals surface area contributed by atoms with Gasteiger partial charge in [0.2, 0.25) is 0 Å². The standard InChI is InChI=1S/C24H27FN4/c1-3-5-21-23(27-2)16-22(29-24(21)28-15-4-14-26)19-8-6-17(7-9-19)18-10-12-20(25)13-11-18/h5-13,16H,3-4,14-15,26H2,1-2H3,(H,28,29)/b21-5+,27-23?. The van der Waals surface area contributed by atoms with Gasteiger partial charge in [0.15, 0.2) is 0 Å². The van der Waals surface area contributed by atoms with Crippen molar-refractivity contribution in [2.24, 2.45) is 15.7 Å². The Morgan fingerprint density at radius 3 is 2.21 bits per heavy atom. The second kappa shape index (κ2) is 9.94. The predicted molar refractivity (Wildman–Crippen MR) is 121 cm³/mol. The lowest BCUT2D eigenvalue weighted by Gasteiger charge is -2.22. The van der Waals surface area contributed by atoms with Gasteiger partial charge in [0, 0.05) is 24.9 Å². The van der Waals surface area contributed by atoms with Gasteiger partial charge in [0.1, 0.15) is 11.7 Å². The first kappa shape index (κ1) is 20.7. The Balaban J connectivity index is 1.91. The Hall–Kier alpha value is -3.05. The fraction of sp³-hybridized carbons (Fsp3) is 0.250. The maximum absolute atomic E-state index is 13.2. The van der Waals surface area contributed by atoms with Crippen molar-refractivity contribution in [1.82, 2.24) is 5.32 Å². The third-order valence-electron chi connectivity index (χ3n) is 4.72. The zero-order chi connectivity index (χ0) is 20.6. The van der Waals surface area contributed by atoms with Crippen molar-refractivity contribution in [3.05, 3.63) is 77.6 Å². The SMILES string of the molecule is CC/C=C1\C(=NC)C=C(c2ccc(-c3ccc(F)cc3)cc2)NC1=NCCCN. The molecule has 3 N–H and O–H groups in total. The molecule has 0 fully saturated rings. The molecule has 0 saturated heterocycles. The molecule has 5 heteroatoms. The third kappa shape index (κ3) is 5.06. The molecule has 0 atom stereocenters. The van der Waals surface area contributed by atoms with E-state index in [2.05, 4.69) is 41.5 Å². The van der Waals surface area contributed by atoms with E-state index >= 15 is 0 Å². The Morgan fingerprint density at radius 2 is 1.62 bits per heavy atom. The van der Waals surface area contributed by atoms with Gasteiger partial charge in [-0.2, -0.15) is 0 Å². The van der Waals surface area contributed by atoms with Gasteiger partial charge in [-0.05, 0) is 54.3 Å². The summed E-state index contributed by atoms with van der Waals surface area (Å²) >= 11 is 0. The van der Waals surface area contributed by atoms with Crippen LogP contribution < -0.4 is 11.1 Å². The zero-order valence-corrected chi connectivity index (χ0v) is 17.0. The molecule has 0 spiro atoms. The number of amidine groups is 1. The van der Waals surface area contributed by atoms with Crippen LogP contribution in [-0.2, 0) is 0 Å². The number of aliphatic imine (C=N–C) groups is 2. The first-order valence-corrected chi connectivity index (χ1v) is 9.93. The number of rotatable bonds is 6. The first-order valence-electron chi connectivity index (χ1n) is 9.93. The van der Waals surface area contributed by atoms with Crippen LogP contribution in [0.3, 0.4) is 0 Å². The number of nitrogens with zero attached hydrogens (tertiary/aromatic N) is 2. The molecule has 1 heterocycles. The summed E-state index contributed by atoms with van der Waals surface area (Å²) in [6.45, 7) is 3.39. The topological polar surface area (TPSA) is 62.8 Å². The van der Waals surface area contributed by atoms with Gasteiger partial charge in [-0.1, -0.05) is 49.4 Å². The molecule has 0 aromatic heterocycles. The highest BCUT2D eigenvalue weighted by Gasteiger charge is 2.20. The van der Waals surface area contributed by atoms with Crippen LogP contribution in [0.2, 0.25) is 0 Å². The molecular weight excluding hydrogens is 363 g/mol. The van der Waals surface area contributed by atoms with E-state index in [-0.39, 0.29) is 5.82 Å². The van der Waals surface area contributed by atoms with E-state index in [1.165, 1.54) is 12.1 Å². The average molecular weight is 391 g/mol. The summed E-state index contributed by atoms with van der Waals surface area (Å²) in [5.74, 6) is 0.603. The van der Waals surface area contributed by atoms with Crippen LogP contribution in [0.4, 0.5) is 4.39 Å². The second-order valence-corrected chi connectivity index (χ2v) is 6.77. The van der Waals surface area contributed by atoms with E-state index < -0.39 is 0 Å². The van der Waals surface area contributed by atoms with Crippen molar-refractivity contribution in [2.75, 3.05) is 20.1 Å². The minimum atomic E-state index is -0.231. The maximum atomic E-state index is 13.2. The highest BCUT2D eigenvalue weighted by Crippen LogP contribution is 2.24. The van der Waals surface area contributed by atoms with Gasteiger partial charge in [-0.25, -0.2) is 4.39 Å². The Kier molecular flexibility index (Phi) is 7.09. The first-order chi connectivity index (χ1) is 14.2. The number of hydrogen-bond donors (Lipinski definition) is 2. The van der Waals surface area contributed by atoms with Gasteiger partial charge in [0.25, 0.3) is 0 Å². The van der Waals surface area contributed by atoms with Crippen LogP contribution in [0.15, 0.2) is 76.2 Å². The lowest BCUT2D eigenvalue weighted by Crippen LogP contribution is -2.32. The third-order valence-corrected chi connectivity index (χ3v) is 4.72. The van der Waals surface area contributed by atoms with E-state index in [0.717, 1.165) is 52.3 Å². The van der Waals surface area contributed by atoms with Crippen molar-refractivity contribution in [3.63, 3.8) is 0 Å². The average Bonchev–Trinajstić information content (AvgIpc) is 2.75. The summed E-state index contributed by atoms with van der Waals surface area (Å²) in [6, 6.07) is 14.7. The van der Waals surface area contributed by atoms with Gasteiger partial charge >= 0.3 is 0 Å². The largest absolute Gasteiger partial charge is 0.339 e. The summed E-state index contributed by atoms with van der Waals surface area (Å²) in [6.07, 6.45) is 5.94. The highest BCUT2D eigenvalue weighted by atomic mass is 19.1. The van der Waals surface area contributed by atoms with Crippen LogP contribution >= 0.6 is 0 Å². The van der Waals surface area contributed by atoms with Crippen molar-refractivity contribution >= 4 is 17.2 Å². The molecule has 1 aliphatic rings. The summed E-state index contributed by atoms with van der Waals surface area (Å²) in [5.41, 5.74) is 11.6. The van der Waals surface area contributed by atoms with Crippen LogP contribution in [-0.4, -0.2) is 31.7 Å². The van der Waals surface area contributed by atoms with Crippen LogP contribution in [0.25, 0.3) is 16.8 Å². The molecule has 0 bridgehead atoms. The van der Waals surface area contributed by atoms with Gasteiger partial charge < -0.3 is 11.1 Å². The Bertz CT molecular complexity index is 951. The normalized spacial score (nSPS) is 18.2. The van der Waals surface area contributed by atoms with E-state index in [1.807, 2.05) is 12.1 Å². The number of nitrogens with one attached hydrogen (secondary N) is 1. The molecule has 0 saturated carbocycles. The second-order valence-electron chi connectivity index (χ2n) is 6.77. The van der Waals surface area contributed by atoms with Crippen molar-refractivity contribution in [1.29, 1.82) is 0 Å². The summed E-state index contributed by atoms with van der Waals surface area (Å²) in [7, 11) is 1.80. The minimum Gasteiger partial charge on any atom is -0.339 e. The van der Waals surface area contributed by atoms with Crippen LogP contribution in [0, 0.1) is 5.82 Å². The molecule has 0 unspecified atom stereocenters. The van der Waals surface area contributed by atoms with E-state index in [1.54, 1.807) is 19.2 Å². The molecule has 4 nitrogen and oxygen atoms in total. The lowest BCUT2D eigenvalue weighted by atomic mass is 9.97. The summed E-state index contributed by atoms with van der Waals surface area (Å²) in [5, 5.41) is 3.47. The predicted octanol–water partition coefficient (Wildman–Crippen LogP) is 4.59. The summed E-state index contributed by atoms with van der Waals surface area (Å²) < 4.78 is 13.2. The highest BCUT2D eigenvalue weighted by molar-refractivity contribution is 6.33. The molecular formula is C24H27FN4. The smallest absolute Gasteiger partial charge is 0.134 e. The fourth-order valence-corrected chi connectivity index (χ4v) is 3.20. The van der Waals surface area contributed by atoms with Crippen LogP contribution in [0.1, 0.15) is 25.3 Å². The molecule has 3 rings (SSSR count). The molecule has 0 aliphatic carbocycles. The number of nitrogens with two attached hydrogens (primary N) is 1. The Labute approximate surface area is 171 Å². The number of halogens is 1. The monoisotopic (exact) mass is 390 g/mol. The molecule has 1 aliphatic heterocycles. The van der Waals surface area contributed by atoms with Gasteiger partial charge in [0.05, 0.1) is 5.71 Å². The fourth-order valence-electron chi connectivity index (χ4n) is 3.20. The van der Waals surface area contributed by atoms with E-state index in [4.69, 9.17) is 10.7 Å². The van der Waals surface area contributed by atoms with E-state index in [0.29, 0.717) is 13.1 Å². The number of benzene rings is 2. The maximum Gasteiger partial charge on any atom is 0.134 e. The molecule has 29 heavy (non-hydrogen) atoms. The summed E-state index contributed by atoms with van der Waals surface area (Å²) in [4.78, 5) is 9.19. The lowest BCUT2D eigenvalue weighted by molar-refractivity contribution is 0.628. The quantitative estimate of drug-likeness (QED) is 0.709. The molecule has 2 aromatic carbocycles. The van der Waals surface area contributed by atoms with Gasteiger partial charge in [-0.3, -0.25) is 9.98 Å². The van der Waals surface area contributed by atoms with Gasteiger partial charge in [-0.15, -0.1) is 0 Å². The number of allylic oxidation sites excluding steroid dienone is 2. The molecule has 0 amide bonds. The number of hydrogen-bond acceptors (Lipinski definition) is 3. The molecule has 150 valence electrons. The Morgan fingerprint density at radius 1 is 1.00 bits per heavy atom. The molecule has 0 radical (unpaired) electrons. The molecule has 2 aromatic rings. The van der Waals surface area contributed by atoms with Crippen molar-refractivity contribution < 1.29 is 4.39 Å². The van der Waals surface area contributed by atoms with E-state index in [9.17, 15) is 4.39 Å².